The molecule has 0 spiro atoms. The Morgan fingerprint density at radius 1 is 1.80 bits per heavy atom. The Morgan fingerprint density at radius 3 is 2.70 bits per heavy atom. The summed E-state index contributed by atoms with van der Waals surface area (Å²) >= 11 is 0. The minimum absolute atomic E-state index is 0. The Balaban J connectivity index is 0.000000810. The fourth-order valence-corrected chi connectivity index (χ4v) is 0.807. The molecule has 0 bridgehead atoms. The molecule has 1 heterocycles. The molecule has 1 fully saturated rings. The average Bonchev–Trinajstić information content (AvgIpc) is 1.78. The molecule has 0 unspecified atom stereocenters. The first-order valence-corrected chi connectivity index (χ1v) is 3.13. The van der Waals surface area contributed by atoms with E-state index in [2.05, 4.69) is 10.1 Å². The van der Waals surface area contributed by atoms with Crippen LogP contribution in [0.15, 0.2) is 0 Å². The molecule has 3 nitrogen and oxygen atoms in total. The average molecular weight is 166 g/mol. The van der Waals surface area contributed by atoms with Crippen molar-refractivity contribution in [1.82, 2.24) is 5.32 Å². The smallest absolute Gasteiger partial charge is 0.307 e. The van der Waals surface area contributed by atoms with Crippen LogP contribution >= 0.6 is 12.4 Å². The standard InChI is InChI=1S/C6H11NO2.ClH/c1-9-6(8)4-5-2-3-7-5;/h5,7H,2-4H2,1H3;1H/t5-;/m0./s1. The van der Waals surface area contributed by atoms with Gasteiger partial charge in [-0.1, -0.05) is 0 Å². The molecule has 4 heteroatoms. The lowest BCUT2D eigenvalue weighted by Gasteiger charge is -2.26. The number of hydrogen-bond acceptors (Lipinski definition) is 3. The second-order valence-electron chi connectivity index (χ2n) is 2.22. The zero-order chi connectivity index (χ0) is 6.69. The summed E-state index contributed by atoms with van der Waals surface area (Å²) in [6.45, 7) is 1.04. The van der Waals surface area contributed by atoms with Crippen molar-refractivity contribution in [2.45, 2.75) is 18.9 Å². The molecule has 0 amide bonds. The topological polar surface area (TPSA) is 38.3 Å². The molecule has 1 aliphatic rings. The highest BCUT2D eigenvalue weighted by Crippen LogP contribution is 2.06. The van der Waals surface area contributed by atoms with Gasteiger partial charge in [0.15, 0.2) is 0 Å². The maximum absolute atomic E-state index is 10.6. The van der Waals surface area contributed by atoms with Gasteiger partial charge in [-0.2, -0.15) is 0 Å². The number of carbonyl (C=O) groups is 1. The summed E-state index contributed by atoms with van der Waals surface area (Å²) in [7, 11) is 1.42. The highest BCUT2D eigenvalue weighted by Gasteiger charge is 2.19. The molecule has 0 aromatic heterocycles. The predicted octanol–water partition coefficient (Wildman–Crippen LogP) is 0.333. The van der Waals surface area contributed by atoms with Crippen molar-refractivity contribution >= 4 is 18.4 Å². The third-order valence-electron chi connectivity index (χ3n) is 1.57. The fourth-order valence-electron chi connectivity index (χ4n) is 0.807. The quantitative estimate of drug-likeness (QED) is 0.600. The van der Waals surface area contributed by atoms with Crippen LogP contribution < -0.4 is 5.32 Å². The summed E-state index contributed by atoms with van der Waals surface area (Å²) < 4.78 is 4.48. The molecule has 1 atom stereocenters. The first kappa shape index (κ1) is 9.72. The van der Waals surface area contributed by atoms with Crippen molar-refractivity contribution in [3.63, 3.8) is 0 Å². The van der Waals surface area contributed by atoms with E-state index in [0.717, 1.165) is 13.0 Å². The van der Waals surface area contributed by atoms with Crippen LogP contribution in [0.5, 0.6) is 0 Å². The van der Waals surface area contributed by atoms with Gasteiger partial charge in [0.05, 0.1) is 13.5 Å². The minimum atomic E-state index is -0.118. The lowest BCUT2D eigenvalue weighted by Crippen LogP contribution is -2.44. The monoisotopic (exact) mass is 165 g/mol. The number of rotatable bonds is 2. The summed E-state index contributed by atoms with van der Waals surface area (Å²) in [4.78, 5) is 10.6. The second-order valence-corrected chi connectivity index (χ2v) is 2.22. The van der Waals surface area contributed by atoms with E-state index in [-0.39, 0.29) is 18.4 Å². The Hall–Kier alpha value is -0.280. The molecule has 0 radical (unpaired) electrons. The molecular formula is C6H12ClNO2. The summed E-state index contributed by atoms with van der Waals surface area (Å²) in [5.41, 5.74) is 0. The lowest BCUT2D eigenvalue weighted by atomic mass is 10.0. The Kier molecular flexibility index (Phi) is 4.40. The zero-order valence-electron chi connectivity index (χ0n) is 5.92. The predicted molar refractivity (Wildman–Crippen MR) is 40.3 cm³/mol. The SMILES string of the molecule is COC(=O)C[C@@H]1CCN1.Cl. The van der Waals surface area contributed by atoms with Crippen LogP contribution in [0, 0.1) is 0 Å². The van der Waals surface area contributed by atoms with E-state index in [4.69, 9.17) is 0 Å². The minimum Gasteiger partial charge on any atom is -0.469 e. The van der Waals surface area contributed by atoms with Crippen molar-refractivity contribution in [2.24, 2.45) is 0 Å². The third-order valence-corrected chi connectivity index (χ3v) is 1.57. The zero-order valence-corrected chi connectivity index (χ0v) is 6.74. The van der Waals surface area contributed by atoms with Gasteiger partial charge in [0.2, 0.25) is 0 Å². The summed E-state index contributed by atoms with van der Waals surface area (Å²) in [5.74, 6) is -0.118. The van der Waals surface area contributed by atoms with Gasteiger partial charge in [-0.25, -0.2) is 0 Å². The lowest BCUT2D eigenvalue weighted by molar-refractivity contribution is -0.141. The van der Waals surface area contributed by atoms with Crippen LogP contribution in [0.2, 0.25) is 0 Å². The molecule has 10 heavy (non-hydrogen) atoms. The Morgan fingerprint density at radius 2 is 2.40 bits per heavy atom. The Bertz CT molecular complexity index is 114. The van der Waals surface area contributed by atoms with E-state index in [9.17, 15) is 4.79 Å². The normalized spacial score (nSPS) is 22.3. The molecule has 0 aliphatic carbocycles. The number of carbonyl (C=O) groups excluding carboxylic acids is 1. The summed E-state index contributed by atoms with van der Waals surface area (Å²) in [5, 5.41) is 3.11. The van der Waals surface area contributed by atoms with Gasteiger partial charge in [0.1, 0.15) is 0 Å². The van der Waals surface area contributed by atoms with Crippen molar-refractivity contribution in [3.8, 4) is 0 Å². The number of esters is 1. The number of nitrogens with one attached hydrogen (secondary N) is 1. The van der Waals surface area contributed by atoms with Crippen LogP contribution in [-0.4, -0.2) is 25.7 Å². The summed E-state index contributed by atoms with van der Waals surface area (Å²) in [6, 6.07) is 0.387. The molecule has 1 aliphatic heterocycles. The molecule has 1 rings (SSSR count). The van der Waals surface area contributed by atoms with Crippen molar-refractivity contribution in [1.29, 1.82) is 0 Å². The van der Waals surface area contributed by atoms with E-state index in [0.29, 0.717) is 12.5 Å². The molecular weight excluding hydrogens is 154 g/mol. The van der Waals surface area contributed by atoms with Crippen molar-refractivity contribution in [3.05, 3.63) is 0 Å². The van der Waals surface area contributed by atoms with Crippen LogP contribution in [-0.2, 0) is 9.53 Å². The number of ether oxygens (including phenoxy) is 1. The van der Waals surface area contributed by atoms with Gasteiger partial charge < -0.3 is 10.1 Å². The third kappa shape index (κ3) is 2.54. The van der Waals surface area contributed by atoms with Crippen LogP contribution in [0.25, 0.3) is 0 Å². The highest BCUT2D eigenvalue weighted by atomic mass is 35.5. The van der Waals surface area contributed by atoms with Gasteiger partial charge in [-0.3, -0.25) is 4.79 Å². The van der Waals surface area contributed by atoms with E-state index in [1.165, 1.54) is 7.11 Å². The molecule has 1 saturated heterocycles. The van der Waals surface area contributed by atoms with E-state index in [1.807, 2.05) is 0 Å². The van der Waals surface area contributed by atoms with Crippen LogP contribution in [0.1, 0.15) is 12.8 Å². The van der Waals surface area contributed by atoms with Crippen LogP contribution in [0.3, 0.4) is 0 Å². The van der Waals surface area contributed by atoms with Gasteiger partial charge in [-0.05, 0) is 13.0 Å². The van der Waals surface area contributed by atoms with E-state index in [1.54, 1.807) is 0 Å². The van der Waals surface area contributed by atoms with Gasteiger partial charge in [0, 0.05) is 6.04 Å². The molecule has 0 aromatic carbocycles. The maximum atomic E-state index is 10.6. The van der Waals surface area contributed by atoms with Gasteiger partial charge in [-0.15, -0.1) is 12.4 Å². The first-order valence-electron chi connectivity index (χ1n) is 3.13. The van der Waals surface area contributed by atoms with Crippen molar-refractivity contribution < 1.29 is 9.53 Å². The van der Waals surface area contributed by atoms with Crippen LogP contribution in [0.4, 0.5) is 0 Å². The maximum Gasteiger partial charge on any atom is 0.307 e. The molecule has 0 saturated carbocycles. The number of halogens is 1. The fraction of sp³-hybridized carbons (Fsp3) is 0.833. The highest BCUT2D eigenvalue weighted by molar-refractivity contribution is 5.85. The molecule has 60 valence electrons. The van der Waals surface area contributed by atoms with Gasteiger partial charge >= 0.3 is 5.97 Å². The molecule has 0 aromatic rings. The number of methoxy groups -OCH3 is 1. The number of hydrogen-bond donors (Lipinski definition) is 1. The largest absolute Gasteiger partial charge is 0.469 e. The van der Waals surface area contributed by atoms with Gasteiger partial charge in [0.25, 0.3) is 0 Å². The Labute approximate surface area is 66.5 Å². The second kappa shape index (κ2) is 4.52. The first-order chi connectivity index (χ1) is 4.33. The van der Waals surface area contributed by atoms with Crippen molar-refractivity contribution in [2.75, 3.05) is 13.7 Å². The molecule has 1 N–H and O–H groups in total. The van der Waals surface area contributed by atoms with E-state index >= 15 is 0 Å². The summed E-state index contributed by atoms with van der Waals surface area (Å²) in [6.07, 6.45) is 1.63. The van der Waals surface area contributed by atoms with E-state index < -0.39 is 0 Å².